The maximum Gasteiger partial charge on any atom is 0.336 e. The van der Waals surface area contributed by atoms with E-state index in [2.05, 4.69) is 0 Å². The first-order chi connectivity index (χ1) is 11.4. The number of aryl methyl sites for hydroxylation is 1. The summed E-state index contributed by atoms with van der Waals surface area (Å²) in [6.07, 6.45) is -5.09. The second-order valence-corrected chi connectivity index (χ2v) is 6.89. The van der Waals surface area contributed by atoms with E-state index >= 15 is 0 Å². The van der Waals surface area contributed by atoms with E-state index in [0.29, 0.717) is 10.5 Å². The van der Waals surface area contributed by atoms with Gasteiger partial charge in [-0.05, 0) is 30.7 Å². The molecule has 0 spiro atoms. The molecule has 4 N–H and O–H groups in total. The van der Waals surface area contributed by atoms with E-state index in [1.165, 1.54) is 6.07 Å². The van der Waals surface area contributed by atoms with Gasteiger partial charge in [-0.1, -0.05) is 11.8 Å². The van der Waals surface area contributed by atoms with Gasteiger partial charge in [0.05, 0.1) is 6.61 Å². The average Bonchev–Trinajstić information content (AvgIpc) is 2.55. The Balaban J connectivity index is 1.87. The number of rotatable bonds is 3. The van der Waals surface area contributed by atoms with Crippen molar-refractivity contribution in [1.82, 2.24) is 0 Å². The Kier molecular flexibility index (Phi) is 4.95. The van der Waals surface area contributed by atoms with Crippen molar-refractivity contribution >= 4 is 22.7 Å². The molecule has 1 aliphatic heterocycles. The lowest BCUT2D eigenvalue weighted by atomic mass is 10.0. The summed E-state index contributed by atoms with van der Waals surface area (Å²) in [5.74, 6) is 0. The molecule has 0 saturated carbocycles. The number of benzene rings is 1. The van der Waals surface area contributed by atoms with Crippen LogP contribution >= 0.6 is 11.8 Å². The third kappa shape index (κ3) is 3.21. The molecule has 0 amide bonds. The fraction of sp³-hybridized carbons (Fsp3) is 0.438. The topological polar surface area (TPSA) is 120 Å². The van der Waals surface area contributed by atoms with E-state index in [-0.39, 0.29) is 0 Å². The van der Waals surface area contributed by atoms with E-state index < -0.39 is 42.1 Å². The molecule has 130 valence electrons. The van der Waals surface area contributed by atoms with Gasteiger partial charge < -0.3 is 29.6 Å². The maximum atomic E-state index is 11.5. The molecule has 0 aliphatic carbocycles. The fourth-order valence-corrected chi connectivity index (χ4v) is 3.77. The Morgan fingerprint density at radius 3 is 2.58 bits per heavy atom. The number of hydrogen-bond acceptors (Lipinski definition) is 8. The van der Waals surface area contributed by atoms with Gasteiger partial charge in [0.15, 0.2) is 0 Å². The fourth-order valence-electron chi connectivity index (χ4n) is 2.68. The lowest BCUT2D eigenvalue weighted by Crippen LogP contribution is -2.57. The summed E-state index contributed by atoms with van der Waals surface area (Å²) in [5.41, 5.74) is -0.121. The molecule has 0 unspecified atom stereocenters. The number of thioether (sulfide) groups is 1. The molecule has 1 aliphatic rings. The van der Waals surface area contributed by atoms with E-state index in [9.17, 15) is 25.2 Å². The van der Waals surface area contributed by atoms with E-state index in [0.717, 1.165) is 22.7 Å². The molecule has 1 aromatic carbocycles. The molecule has 1 aromatic heterocycles. The van der Waals surface area contributed by atoms with Crippen LogP contribution in [0.2, 0.25) is 0 Å². The van der Waals surface area contributed by atoms with Crippen LogP contribution in [-0.2, 0) is 4.74 Å². The van der Waals surface area contributed by atoms with Crippen LogP contribution in [0.1, 0.15) is 5.56 Å². The molecule has 5 atom stereocenters. The van der Waals surface area contributed by atoms with Gasteiger partial charge in [-0.15, -0.1) is 0 Å². The third-order valence-electron chi connectivity index (χ3n) is 4.02. The monoisotopic (exact) mass is 354 g/mol. The first-order valence-electron chi connectivity index (χ1n) is 7.42. The average molecular weight is 354 g/mol. The second-order valence-electron chi connectivity index (χ2n) is 5.72. The highest BCUT2D eigenvalue weighted by molar-refractivity contribution is 7.99. The van der Waals surface area contributed by atoms with Gasteiger partial charge in [0.25, 0.3) is 0 Å². The molecule has 2 heterocycles. The van der Waals surface area contributed by atoms with Crippen LogP contribution in [-0.4, -0.2) is 56.9 Å². The standard InChI is InChI=1S/C16H18O7S/c1-7-4-12(18)22-10-5-8(2-3-9(7)10)24-16-15(21)14(20)13(19)11(6-17)23-16/h2-5,11,13-17,19-21H,6H2,1H3/t11-,13+,14+,15-,16+/m1/s1. The highest BCUT2D eigenvalue weighted by atomic mass is 32.2. The molecular weight excluding hydrogens is 336 g/mol. The Hall–Kier alpha value is -1.42. The second kappa shape index (κ2) is 6.83. The zero-order valence-electron chi connectivity index (χ0n) is 12.8. The summed E-state index contributed by atoms with van der Waals surface area (Å²) in [6.45, 7) is 1.33. The number of aliphatic hydroxyl groups excluding tert-OH is 4. The largest absolute Gasteiger partial charge is 0.423 e. The van der Waals surface area contributed by atoms with Crippen LogP contribution in [0, 0.1) is 6.92 Å². The Morgan fingerprint density at radius 1 is 1.12 bits per heavy atom. The van der Waals surface area contributed by atoms with Crippen molar-refractivity contribution < 1.29 is 29.6 Å². The van der Waals surface area contributed by atoms with Gasteiger partial charge in [-0.2, -0.15) is 0 Å². The van der Waals surface area contributed by atoms with Crippen LogP contribution in [0.15, 0.2) is 38.4 Å². The van der Waals surface area contributed by atoms with Gasteiger partial charge in [0.1, 0.15) is 35.4 Å². The van der Waals surface area contributed by atoms with Crippen molar-refractivity contribution in [3.8, 4) is 0 Å². The van der Waals surface area contributed by atoms with Gasteiger partial charge in [0, 0.05) is 16.3 Å². The summed E-state index contributed by atoms with van der Waals surface area (Å²) < 4.78 is 10.6. The first-order valence-corrected chi connectivity index (χ1v) is 8.30. The summed E-state index contributed by atoms with van der Waals surface area (Å²) in [5, 5.41) is 39.7. The quantitative estimate of drug-likeness (QED) is 0.568. The van der Waals surface area contributed by atoms with E-state index in [1.807, 2.05) is 6.92 Å². The Bertz CT molecular complexity index is 788. The van der Waals surface area contributed by atoms with Gasteiger partial charge in [0.2, 0.25) is 0 Å². The highest BCUT2D eigenvalue weighted by Gasteiger charge is 2.43. The summed E-state index contributed by atoms with van der Waals surface area (Å²) >= 11 is 1.11. The zero-order chi connectivity index (χ0) is 17.4. The van der Waals surface area contributed by atoms with Crippen molar-refractivity contribution in [2.45, 2.75) is 41.7 Å². The maximum absolute atomic E-state index is 11.5. The molecule has 7 nitrogen and oxygen atoms in total. The van der Waals surface area contributed by atoms with E-state index in [1.54, 1.807) is 18.2 Å². The van der Waals surface area contributed by atoms with Crippen LogP contribution < -0.4 is 5.63 Å². The van der Waals surface area contributed by atoms with Crippen molar-refractivity contribution in [3.05, 3.63) is 40.2 Å². The normalized spacial score (nSPS) is 30.6. The molecule has 2 aromatic rings. The van der Waals surface area contributed by atoms with Gasteiger partial charge >= 0.3 is 5.63 Å². The number of fused-ring (bicyclic) bond motifs is 1. The number of aliphatic hydroxyl groups is 4. The van der Waals surface area contributed by atoms with Gasteiger partial charge in [-0.3, -0.25) is 0 Å². The molecule has 1 saturated heterocycles. The van der Waals surface area contributed by atoms with Gasteiger partial charge in [-0.25, -0.2) is 4.79 Å². The SMILES string of the molecule is Cc1cc(=O)oc2cc(S[C@@H]3O[C@H](CO)[C@H](O)[C@H](O)[C@H]3O)ccc12. The smallest absolute Gasteiger partial charge is 0.336 e. The Morgan fingerprint density at radius 2 is 1.88 bits per heavy atom. The van der Waals surface area contributed by atoms with Crippen molar-refractivity contribution in [2.75, 3.05) is 6.61 Å². The van der Waals surface area contributed by atoms with E-state index in [4.69, 9.17) is 9.15 Å². The number of hydrogen-bond donors (Lipinski definition) is 4. The highest BCUT2D eigenvalue weighted by Crippen LogP contribution is 2.34. The molecule has 0 radical (unpaired) electrons. The van der Waals surface area contributed by atoms with Crippen LogP contribution in [0.25, 0.3) is 11.0 Å². The minimum Gasteiger partial charge on any atom is -0.423 e. The lowest BCUT2D eigenvalue weighted by molar-refractivity contribution is -0.205. The molecular formula is C16H18O7S. The van der Waals surface area contributed by atoms with Crippen LogP contribution in [0.5, 0.6) is 0 Å². The zero-order valence-corrected chi connectivity index (χ0v) is 13.6. The summed E-state index contributed by atoms with van der Waals surface area (Å²) in [4.78, 5) is 12.1. The first kappa shape index (κ1) is 17.4. The van der Waals surface area contributed by atoms with Crippen molar-refractivity contribution in [2.24, 2.45) is 0 Å². The van der Waals surface area contributed by atoms with Crippen molar-refractivity contribution in [1.29, 1.82) is 0 Å². The molecule has 1 fully saturated rings. The predicted octanol–water partition coefficient (Wildman–Crippen LogP) is -0.00658. The molecule has 24 heavy (non-hydrogen) atoms. The minimum absolute atomic E-state index is 0.412. The predicted molar refractivity (Wildman–Crippen MR) is 86.8 cm³/mol. The Labute approximate surface area is 141 Å². The van der Waals surface area contributed by atoms with Crippen molar-refractivity contribution in [3.63, 3.8) is 0 Å². The number of ether oxygens (including phenoxy) is 1. The lowest BCUT2D eigenvalue weighted by Gasteiger charge is -2.39. The summed E-state index contributed by atoms with van der Waals surface area (Å²) in [7, 11) is 0. The summed E-state index contributed by atoms with van der Waals surface area (Å²) in [6, 6.07) is 6.63. The third-order valence-corrected chi connectivity index (χ3v) is 5.17. The molecule has 8 heteroatoms. The van der Waals surface area contributed by atoms with Crippen LogP contribution in [0.3, 0.4) is 0 Å². The van der Waals surface area contributed by atoms with Crippen LogP contribution in [0.4, 0.5) is 0 Å². The molecule has 3 rings (SSSR count). The minimum atomic E-state index is -1.42. The molecule has 0 bridgehead atoms.